The molecule has 0 amide bonds. The van der Waals surface area contributed by atoms with Gasteiger partial charge in [0.05, 0.1) is 23.2 Å². The fourth-order valence-electron chi connectivity index (χ4n) is 1.23. The molecule has 7 heteroatoms. The zero-order chi connectivity index (χ0) is 13.8. The van der Waals surface area contributed by atoms with E-state index in [9.17, 15) is 17.4 Å². The Hall–Kier alpha value is -1.08. The van der Waals surface area contributed by atoms with E-state index in [4.69, 9.17) is 5.73 Å². The summed E-state index contributed by atoms with van der Waals surface area (Å²) in [6.07, 6.45) is -4.35. The van der Waals surface area contributed by atoms with Gasteiger partial charge in [-0.1, -0.05) is 0 Å². The van der Waals surface area contributed by atoms with Crippen molar-refractivity contribution in [3.05, 3.63) is 23.8 Å². The van der Waals surface area contributed by atoms with Crippen molar-refractivity contribution < 1.29 is 22.1 Å². The number of hydrogen-bond donors (Lipinski definition) is 1. The van der Waals surface area contributed by atoms with Gasteiger partial charge < -0.3 is 10.5 Å². The van der Waals surface area contributed by atoms with Crippen molar-refractivity contribution >= 4 is 16.5 Å². The first-order valence-electron chi connectivity index (χ1n) is 5.18. The SMILES string of the molecule is Cc1cc(S(=O)CCOCC(F)(F)F)ccc1N. The van der Waals surface area contributed by atoms with Gasteiger partial charge in [-0.2, -0.15) is 13.2 Å². The van der Waals surface area contributed by atoms with Crippen LogP contribution in [0.3, 0.4) is 0 Å². The van der Waals surface area contributed by atoms with E-state index in [1.807, 2.05) is 0 Å². The lowest BCUT2D eigenvalue weighted by atomic mass is 10.2. The lowest BCUT2D eigenvalue weighted by Crippen LogP contribution is -2.19. The van der Waals surface area contributed by atoms with Crippen LogP contribution < -0.4 is 5.73 Å². The number of benzene rings is 1. The van der Waals surface area contributed by atoms with E-state index in [2.05, 4.69) is 4.74 Å². The molecular weight excluding hydrogens is 267 g/mol. The fourth-order valence-corrected chi connectivity index (χ4v) is 2.26. The van der Waals surface area contributed by atoms with E-state index in [0.717, 1.165) is 5.56 Å². The number of halogens is 3. The zero-order valence-corrected chi connectivity index (χ0v) is 10.6. The second-order valence-electron chi connectivity index (χ2n) is 3.74. The van der Waals surface area contributed by atoms with Crippen LogP contribution in [0.15, 0.2) is 23.1 Å². The van der Waals surface area contributed by atoms with Gasteiger partial charge >= 0.3 is 6.18 Å². The monoisotopic (exact) mass is 281 g/mol. The van der Waals surface area contributed by atoms with Crippen molar-refractivity contribution in [2.24, 2.45) is 0 Å². The molecule has 0 fully saturated rings. The summed E-state index contributed by atoms with van der Waals surface area (Å²) in [5.41, 5.74) is 6.99. The van der Waals surface area contributed by atoms with Gasteiger partial charge in [0.1, 0.15) is 6.61 Å². The average Bonchev–Trinajstić information content (AvgIpc) is 2.26. The van der Waals surface area contributed by atoms with E-state index in [0.29, 0.717) is 10.6 Å². The van der Waals surface area contributed by atoms with Gasteiger partial charge in [-0.3, -0.25) is 4.21 Å². The van der Waals surface area contributed by atoms with Crippen LogP contribution >= 0.6 is 0 Å². The van der Waals surface area contributed by atoms with Crippen molar-refractivity contribution in [3.63, 3.8) is 0 Å². The maximum absolute atomic E-state index is 11.8. The molecule has 0 radical (unpaired) electrons. The molecule has 102 valence electrons. The molecule has 1 unspecified atom stereocenters. The molecule has 2 N–H and O–H groups in total. The Morgan fingerprint density at radius 1 is 1.39 bits per heavy atom. The van der Waals surface area contributed by atoms with Crippen molar-refractivity contribution in [2.75, 3.05) is 24.7 Å². The molecule has 0 heterocycles. The van der Waals surface area contributed by atoms with Crippen LogP contribution in [0, 0.1) is 6.92 Å². The second-order valence-corrected chi connectivity index (χ2v) is 5.31. The van der Waals surface area contributed by atoms with Gasteiger partial charge in [0, 0.05) is 10.6 Å². The summed E-state index contributed by atoms with van der Waals surface area (Å²) in [6, 6.07) is 4.89. The number of anilines is 1. The van der Waals surface area contributed by atoms with E-state index < -0.39 is 23.6 Å². The minimum absolute atomic E-state index is 0.0272. The first kappa shape index (κ1) is 15.0. The Kier molecular flexibility index (Phi) is 5.15. The molecule has 3 nitrogen and oxygen atoms in total. The minimum atomic E-state index is -4.35. The number of ether oxygens (including phenoxy) is 1. The Balaban J connectivity index is 2.43. The Labute approximate surface area is 106 Å². The predicted molar refractivity (Wildman–Crippen MR) is 63.7 cm³/mol. The molecule has 0 saturated carbocycles. The number of alkyl halides is 3. The first-order valence-corrected chi connectivity index (χ1v) is 6.50. The maximum atomic E-state index is 11.8. The third-order valence-corrected chi connectivity index (χ3v) is 3.50. The van der Waals surface area contributed by atoms with Crippen molar-refractivity contribution in [1.29, 1.82) is 0 Å². The predicted octanol–water partition coefficient (Wildman–Crippen LogP) is 2.26. The topological polar surface area (TPSA) is 52.3 Å². The third kappa shape index (κ3) is 5.05. The van der Waals surface area contributed by atoms with Crippen molar-refractivity contribution in [2.45, 2.75) is 18.0 Å². The highest BCUT2D eigenvalue weighted by molar-refractivity contribution is 7.85. The van der Waals surface area contributed by atoms with Crippen LogP contribution in [0.5, 0.6) is 0 Å². The Morgan fingerprint density at radius 2 is 2.06 bits per heavy atom. The van der Waals surface area contributed by atoms with Crippen LogP contribution in [-0.2, 0) is 15.5 Å². The highest BCUT2D eigenvalue weighted by Crippen LogP contribution is 2.16. The van der Waals surface area contributed by atoms with Gasteiger partial charge in [0.25, 0.3) is 0 Å². The van der Waals surface area contributed by atoms with Gasteiger partial charge in [-0.25, -0.2) is 0 Å². The van der Waals surface area contributed by atoms with E-state index >= 15 is 0 Å². The third-order valence-electron chi connectivity index (χ3n) is 2.18. The number of aryl methyl sites for hydroxylation is 1. The smallest absolute Gasteiger partial charge is 0.399 e. The molecular formula is C11H14F3NO2S. The van der Waals surface area contributed by atoms with E-state index in [1.165, 1.54) is 0 Å². The summed E-state index contributed by atoms with van der Waals surface area (Å²) in [7, 11) is -1.38. The number of rotatable bonds is 5. The second kappa shape index (κ2) is 6.19. The van der Waals surface area contributed by atoms with Gasteiger partial charge in [-0.15, -0.1) is 0 Å². The molecule has 1 rings (SSSR count). The molecule has 0 spiro atoms. The van der Waals surface area contributed by atoms with Crippen LogP contribution in [0.1, 0.15) is 5.56 Å². The van der Waals surface area contributed by atoms with Crippen LogP contribution in [0.4, 0.5) is 18.9 Å². The highest BCUT2D eigenvalue weighted by Gasteiger charge is 2.27. The van der Waals surface area contributed by atoms with Gasteiger partial charge in [0.2, 0.25) is 0 Å². The summed E-state index contributed by atoms with van der Waals surface area (Å²) in [5, 5.41) is 0. The molecule has 0 saturated heterocycles. The van der Waals surface area contributed by atoms with Crippen LogP contribution in [0.2, 0.25) is 0 Å². The quantitative estimate of drug-likeness (QED) is 0.665. The number of hydrogen-bond acceptors (Lipinski definition) is 3. The standard InChI is InChI=1S/C11H14F3NO2S/c1-8-6-9(2-3-10(8)15)18(16)5-4-17-7-11(12,13)14/h2-3,6H,4-5,7,15H2,1H3. The molecule has 0 aliphatic heterocycles. The van der Waals surface area contributed by atoms with Gasteiger partial charge in [-0.05, 0) is 30.7 Å². The summed E-state index contributed by atoms with van der Waals surface area (Å²) in [4.78, 5) is 0.539. The molecule has 1 atom stereocenters. The summed E-state index contributed by atoms with van der Waals surface area (Å²) >= 11 is 0. The lowest BCUT2D eigenvalue weighted by Gasteiger charge is -2.08. The normalized spacial score (nSPS) is 13.6. The zero-order valence-electron chi connectivity index (χ0n) is 9.79. The molecule has 0 aromatic heterocycles. The van der Waals surface area contributed by atoms with Crippen LogP contribution in [0.25, 0.3) is 0 Å². The highest BCUT2D eigenvalue weighted by atomic mass is 32.2. The summed E-state index contributed by atoms with van der Waals surface area (Å²) < 4.78 is 51.5. The fraction of sp³-hybridized carbons (Fsp3) is 0.455. The Morgan fingerprint density at radius 3 is 2.61 bits per heavy atom. The average molecular weight is 281 g/mol. The largest absolute Gasteiger partial charge is 0.411 e. The molecule has 0 aliphatic carbocycles. The van der Waals surface area contributed by atoms with Gasteiger partial charge in [0.15, 0.2) is 0 Å². The molecule has 18 heavy (non-hydrogen) atoms. The summed E-state index contributed by atoms with van der Waals surface area (Å²) in [5.74, 6) is 0.0272. The minimum Gasteiger partial charge on any atom is -0.399 e. The van der Waals surface area contributed by atoms with Crippen molar-refractivity contribution in [1.82, 2.24) is 0 Å². The summed E-state index contributed by atoms with van der Waals surface area (Å²) in [6.45, 7) is 0.261. The maximum Gasteiger partial charge on any atom is 0.411 e. The first-order chi connectivity index (χ1) is 8.29. The van der Waals surface area contributed by atoms with Crippen LogP contribution in [-0.4, -0.2) is 29.4 Å². The molecule has 1 aromatic carbocycles. The lowest BCUT2D eigenvalue weighted by molar-refractivity contribution is -0.172. The van der Waals surface area contributed by atoms with E-state index in [-0.39, 0.29) is 12.4 Å². The molecule has 0 aliphatic rings. The number of nitrogen functional groups attached to an aromatic ring is 1. The van der Waals surface area contributed by atoms with Crippen molar-refractivity contribution in [3.8, 4) is 0 Å². The molecule has 1 aromatic rings. The number of nitrogens with two attached hydrogens (primary N) is 1. The molecule has 0 bridgehead atoms. The van der Waals surface area contributed by atoms with E-state index in [1.54, 1.807) is 25.1 Å². The Bertz CT molecular complexity index is 435.